The van der Waals surface area contributed by atoms with Crippen LogP contribution in [0.15, 0.2) is 45.7 Å². The molecule has 2 N–H and O–H groups in total. The Hall–Kier alpha value is -1.88. The normalized spacial score (nSPS) is 10.2. The van der Waals surface area contributed by atoms with E-state index in [2.05, 4.69) is 20.9 Å². The monoisotopic (exact) mass is 293 g/mol. The fourth-order valence-electron chi connectivity index (χ4n) is 1.45. The quantitative estimate of drug-likeness (QED) is 0.894. The van der Waals surface area contributed by atoms with Crippen molar-refractivity contribution >= 4 is 21.9 Å². The molecule has 0 unspecified atom stereocenters. The van der Waals surface area contributed by atoms with Crippen LogP contribution in [0.2, 0.25) is 0 Å². The van der Waals surface area contributed by atoms with Gasteiger partial charge in [-0.25, -0.2) is 4.79 Å². The zero-order valence-electron chi connectivity index (χ0n) is 8.61. The van der Waals surface area contributed by atoms with Crippen molar-refractivity contribution in [2.24, 2.45) is 0 Å². The zero-order valence-corrected chi connectivity index (χ0v) is 10.2. The van der Waals surface area contributed by atoms with Crippen molar-refractivity contribution in [3.63, 3.8) is 0 Å². The van der Waals surface area contributed by atoms with E-state index in [0.29, 0.717) is 5.69 Å². The molecular weight excluding hydrogens is 286 g/mol. The number of benzene rings is 1. The van der Waals surface area contributed by atoms with Crippen molar-refractivity contribution in [1.82, 2.24) is 4.98 Å². The topological polar surface area (TPSA) is 70.2 Å². The largest absolute Gasteiger partial charge is 0.478 e. The van der Waals surface area contributed by atoms with Gasteiger partial charge in [0.05, 0.1) is 5.56 Å². The van der Waals surface area contributed by atoms with Crippen molar-refractivity contribution in [2.75, 3.05) is 0 Å². The number of aromatic carboxylic acids is 1. The summed E-state index contributed by atoms with van der Waals surface area (Å²) in [4.78, 5) is 24.8. The number of hydrogen-bond donors (Lipinski definition) is 2. The maximum atomic E-state index is 11.3. The molecule has 0 radical (unpaired) electrons. The number of aromatic nitrogens is 1. The number of aromatic amines is 1. The molecule has 0 saturated heterocycles. The van der Waals surface area contributed by atoms with Crippen LogP contribution in [-0.2, 0) is 0 Å². The number of pyridine rings is 1. The molecule has 1 heterocycles. The number of carboxylic acids is 1. The lowest BCUT2D eigenvalue weighted by Gasteiger charge is -2.03. The van der Waals surface area contributed by atoms with Crippen LogP contribution in [0.3, 0.4) is 0 Å². The highest BCUT2D eigenvalue weighted by Gasteiger charge is 2.07. The number of carbonyl (C=O) groups is 1. The van der Waals surface area contributed by atoms with Crippen LogP contribution in [0.1, 0.15) is 10.4 Å². The first-order valence-electron chi connectivity index (χ1n) is 4.80. The van der Waals surface area contributed by atoms with Crippen LogP contribution in [0.5, 0.6) is 0 Å². The Labute approximate surface area is 105 Å². The van der Waals surface area contributed by atoms with E-state index in [1.807, 2.05) is 12.1 Å². The Bertz CT molecular complexity index is 616. The fourth-order valence-corrected chi connectivity index (χ4v) is 1.72. The van der Waals surface area contributed by atoms with E-state index in [4.69, 9.17) is 5.11 Å². The number of H-pyrrole nitrogens is 1. The van der Waals surface area contributed by atoms with Crippen molar-refractivity contribution in [3.8, 4) is 11.3 Å². The Morgan fingerprint density at radius 3 is 2.41 bits per heavy atom. The predicted molar refractivity (Wildman–Crippen MR) is 67.2 cm³/mol. The minimum absolute atomic E-state index is 0.0216. The first-order valence-corrected chi connectivity index (χ1v) is 5.59. The zero-order chi connectivity index (χ0) is 12.4. The van der Waals surface area contributed by atoms with Gasteiger partial charge in [0.25, 0.3) is 0 Å². The maximum absolute atomic E-state index is 11.3. The number of hydrogen-bond acceptors (Lipinski definition) is 2. The molecule has 0 bridgehead atoms. The summed E-state index contributed by atoms with van der Waals surface area (Å²) in [5.41, 5.74) is 0.797. The third-order valence-electron chi connectivity index (χ3n) is 2.25. The van der Waals surface area contributed by atoms with Crippen molar-refractivity contribution in [2.45, 2.75) is 0 Å². The molecule has 0 aliphatic heterocycles. The lowest BCUT2D eigenvalue weighted by Crippen LogP contribution is -2.10. The lowest BCUT2D eigenvalue weighted by atomic mass is 10.1. The third kappa shape index (κ3) is 2.62. The predicted octanol–water partition coefficient (Wildman–Crippen LogP) is 2.50. The summed E-state index contributed by atoms with van der Waals surface area (Å²) in [6, 6.07) is 9.72. The summed E-state index contributed by atoms with van der Waals surface area (Å²) in [6.45, 7) is 0. The average Bonchev–Trinajstić information content (AvgIpc) is 2.29. The summed E-state index contributed by atoms with van der Waals surface area (Å²) in [6.07, 6.45) is 0. The standard InChI is InChI=1S/C12H8BrNO3/c13-9-3-1-7(2-4-9)10-5-8(12(16)17)6-11(15)14-10/h1-6H,(H,14,15)(H,16,17). The minimum Gasteiger partial charge on any atom is -0.478 e. The van der Waals surface area contributed by atoms with Crippen molar-refractivity contribution in [1.29, 1.82) is 0 Å². The summed E-state index contributed by atoms with van der Waals surface area (Å²) in [5.74, 6) is -1.12. The van der Waals surface area contributed by atoms with Gasteiger partial charge in [0.15, 0.2) is 0 Å². The van der Waals surface area contributed by atoms with Gasteiger partial charge >= 0.3 is 5.97 Å². The average molecular weight is 294 g/mol. The summed E-state index contributed by atoms with van der Waals surface area (Å²) < 4.78 is 0.915. The second-order valence-corrected chi connectivity index (χ2v) is 4.37. The first-order chi connectivity index (χ1) is 8.06. The molecule has 2 aromatic rings. The van der Waals surface area contributed by atoms with Crippen molar-refractivity contribution in [3.05, 3.63) is 56.8 Å². The Morgan fingerprint density at radius 1 is 1.18 bits per heavy atom. The molecule has 4 nitrogen and oxygen atoms in total. The second kappa shape index (κ2) is 4.55. The third-order valence-corrected chi connectivity index (χ3v) is 2.78. The van der Waals surface area contributed by atoms with E-state index in [1.54, 1.807) is 12.1 Å². The van der Waals surface area contributed by atoms with Gasteiger partial charge in [-0.05, 0) is 23.8 Å². The molecule has 0 saturated carbocycles. The van der Waals surface area contributed by atoms with Crippen LogP contribution in [0.4, 0.5) is 0 Å². The molecule has 2 rings (SSSR count). The number of nitrogens with one attached hydrogen (secondary N) is 1. The highest BCUT2D eigenvalue weighted by Crippen LogP contribution is 2.19. The van der Waals surface area contributed by atoms with Crippen LogP contribution in [0.25, 0.3) is 11.3 Å². The summed E-state index contributed by atoms with van der Waals surface area (Å²) >= 11 is 3.30. The molecule has 0 spiro atoms. The Morgan fingerprint density at radius 2 is 1.82 bits per heavy atom. The molecule has 86 valence electrons. The van der Waals surface area contributed by atoms with Crippen LogP contribution >= 0.6 is 15.9 Å². The van der Waals surface area contributed by atoms with Gasteiger partial charge in [-0.1, -0.05) is 28.1 Å². The van der Waals surface area contributed by atoms with Gasteiger partial charge in [0, 0.05) is 16.2 Å². The molecule has 5 heteroatoms. The van der Waals surface area contributed by atoms with Gasteiger partial charge in [0.2, 0.25) is 5.56 Å². The lowest BCUT2D eigenvalue weighted by molar-refractivity contribution is 0.0696. The fraction of sp³-hybridized carbons (Fsp3) is 0. The minimum atomic E-state index is -1.12. The number of halogens is 1. The van der Waals surface area contributed by atoms with E-state index in [-0.39, 0.29) is 5.56 Å². The van der Waals surface area contributed by atoms with E-state index in [1.165, 1.54) is 6.07 Å². The molecule has 1 aromatic heterocycles. The van der Waals surface area contributed by atoms with Gasteiger partial charge < -0.3 is 10.1 Å². The molecule has 0 aliphatic carbocycles. The smallest absolute Gasteiger partial charge is 0.335 e. The first kappa shape index (κ1) is 11.6. The van der Waals surface area contributed by atoms with E-state index in [9.17, 15) is 9.59 Å². The van der Waals surface area contributed by atoms with Crippen LogP contribution < -0.4 is 5.56 Å². The molecule has 0 fully saturated rings. The highest BCUT2D eigenvalue weighted by molar-refractivity contribution is 9.10. The molecular formula is C12H8BrNO3. The van der Waals surface area contributed by atoms with Crippen LogP contribution in [-0.4, -0.2) is 16.1 Å². The van der Waals surface area contributed by atoms with Gasteiger partial charge in [0.1, 0.15) is 0 Å². The molecule has 0 aliphatic rings. The summed E-state index contributed by atoms with van der Waals surface area (Å²) in [7, 11) is 0. The Kier molecular flexibility index (Phi) is 3.10. The van der Waals surface area contributed by atoms with Gasteiger partial charge in [-0.2, -0.15) is 0 Å². The number of carboxylic acid groups (broad SMARTS) is 1. The molecule has 1 aromatic carbocycles. The molecule has 17 heavy (non-hydrogen) atoms. The van der Waals surface area contributed by atoms with Gasteiger partial charge in [-0.3, -0.25) is 4.79 Å². The summed E-state index contributed by atoms with van der Waals surface area (Å²) in [5, 5.41) is 8.86. The van der Waals surface area contributed by atoms with Crippen LogP contribution in [0, 0.1) is 0 Å². The highest BCUT2D eigenvalue weighted by atomic mass is 79.9. The van der Waals surface area contributed by atoms with E-state index < -0.39 is 11.5 Å². The van der Waals surface area contributed by atoms with E-state index >= 15 is 0 Å². The SMILES string of the molecule is O=C(O)c1cc(-c2ccc(Br)cc2)[nH]c(=O)c1. The second-order valence-electron chi connectivity index (χ2n) is 3.46. The Balaban J connectivity index is 2.55. The molecule has 0 amide bonds. The van der Waals surface area contributed by atoms with E-state index in [0.717, 1.165) is 16.1 Å². The van der Waals surface area contributed by atoms with Crippen molar-refractivity contribution < 1.29 is 9.90 Å². The number of rotatable bonds is 2. The molecule has 0 atom stereocenters. The maximum Gasteiger partial charge on any atom is 0.335 e. The van der Waals surface area contributed by atoms with Gasteiger partial charge in [-0.15, -0.1) is 0 Å².